The highest BCUT2D eigenvalue weighted by Crippen LogP contribution is 2.19. The van der Waals surface area contributed by atoms with E-state index in [1.807, 2.05) is 37.4 Å². The summed E-state index contributed by atoms with van der Waals surface area (Å²) in [5.74, 6) is 0.493. The lowest BCUT2D eigenvalue weighted by Crippen LogP contribution is -1.97. The molecule has 15 heavy (non-hydrogen) atoms. The van der Waals surface area contributed by atoms with Gasteiger partial charge in [-0.1, -0.05) is 18.2 Å². The third-order valence-electron chi connectivity index (χ3n) is 2.58. The van der Waals surface area contributed by atoms with Crippen LogP contribution in [0.2, 0.25) is 0 Å². The van der Waals surface area contributed by atoms with Crippen LogP contribution in [0, 0.1) is 0 Å². The maximum absolute atomic E-state index is 5.73. The molecule has 0 amide bonds. The molecule has 0 aliphatic rings. The van der Waals surface area contributed by atoms with E-state index in [0.29, 0.717) is 5.95 Å². The minimum absolute atomic E-state index is 0.493. The minimum atomic E-state index is 0.493. The maximum atomic E-state index is 5.73. The van der Waals surface area contributed by atoms with Crippen LogP contribution in [0.15, 0.2) is 30.3 Å². The number of nitrogen functional groups attached to an aromatic ring is 1. The summed E-state index contributed by atoms with van der Waals surface area (Å²) in [7, 11) is 1.87. The van der Waals surface area contributed by atoms with Gasteiger partial charge in [-0.25, -0.2) is 9.97 Å². The molecule has 0 aliphatic carbocycles. The third kappa shape index (κ3) is 1.08. The summed E-state index contributed by atoms with van der Waals surface area (Å²) in [5.41, 5.74) is 8.36. The summed E-state index contributed by atoms with van der Waals surface area (Å²) in [6.45, 7) is 0. The van der Waals surface area contributed by atoms with Crippen LogP contribution < -0.4 is 5.73 Å². The SMILES string of the molecule is Cn1c(N)nc2cc3ccccc3nc21. The molecule has 0 atom stereocenters. The maximum Gasteiger partial charge on any atom is 0.202 e. The molecular weight excluding hydrogens is 188 g/mol. The molecular formula is C11H10N4. The molecule has 0 aliphatic heterocycles. The van der Waals surface area contributed by atoms with Crippen LogP contribution in [0.25, 0.3) is 22.1 Å². The van der Waals surface area contributed by atoms with E-state index in [4.69, 9.17) is 5.73 Å². The van der Waals surface area contributed by atoms with Gasteiger partial charge in [-0.3, -0.25) is 4.57 Å². The number of hydrogen-bond donors (Lipinski definition) is 1. The lowest BCUT2D eigenvalue weighted by Gasteiger charge is -1.98. The lowest BCUT2D eigenvalue weighted by molar-refractivity contribution is 0.950. The van der Waals surface area contributed by atoms with Crippen LogP contribution in [0.4, 0.5) is 5.95 Å². The molecule has 4 nitrogen and oxygen atoms in total. The second-order valence-electron chi connectivity index (χ2n) is 3.55. The Bertz CT molecular complexity index is 654. The fourth-order valence-corrected chi connectivity index (χ4v) is 1.73. The Morgan fingerprint density at radius 3 is 2.80 bits per heavy atom. The molecule has 3 rings (SSSR count). The van der Waals surface area contributed by atoms with Gasteiger partial charge in [0.1, 0.15) is 5.52 Å². The minimum Gasteiger partial charge on any atom is -0.369 e. The molecule has 0 radical (unpaired) electrons. The Kier molecular flexibility index (Phi) is 1.48. The highest BCUT2D eigenvalue weighted by atomic mass is 15.2. The van der Waals surface area contributed by atoms with E-state index in [1.54, 1.807) is 4.57 Å². The van der Waals surface area contributed by atoms with Gasteiger partial charge >= 0.3 is 0 Å². The third-order valence-corrected chi connectivity index (χ3v) is 2.58. The summed E-state index contributed by atoms with van der Waals surface area (Å²) in [4.78, 5) is 8.76. The number of benzene rings is 1. The number of nitrogens with two attached hydrogens (primary N) is 1. The van der Waals surface area contributed by atoms with Crippen molar-refractivity contribution in [2.24, 2.45) is 7.05 Å². The van der Waals surface area contributed by atoms with Crippen LogP contribution in [-0.2, 0) is 7.05 Å². The normalized spacial score (nSPS) is 11.3. The second-order valence-corrected chi connectivity index (χ2v) is 3.55. The quantitative estimate of drug-likeness (QED) is 0.598. The number of hydrogen-bond acceptors (Lipinski definition) is 3. The van der Waals surface area contributed by atoms with Crippen molar-refractivity contribution in [3.8, 4) is 0 Å². The Labute approximate surface area is 86.4 Å². The molecule has 74 valence electrons. The average molecular weight is 198 g/mol. The van der Waals surface area contributed by atoms with Crippen LogP contribution in [-0.4, -0.2) is 14.5 Å². The average Bonchev–Trinajstić information content (AvgIpc) is 2.52. The molecule has 0 spiro atoms. The molecule has 3 aromatic rings. The molecule has 2 N–H and O–H groups in total. The van der Waals surface area contributed by atoms with Gasteiger partial charge < -0.3 is 5.73 Å². The number of anilines is 1. The van der Waals surface area contributed by atoms with Gasteiger partial charge in [-0.05, 0) is 12.1 Å². The Morgan fingerprint density at radius 2 is 1.93 bits per heavy atom. The van der Waals surface area contributed by atoms with E-state index in [0.717, 1.165) is 22.1 Å². The first kappa shape index (κ1) is 8.23. The van der Waals surface area contributed by atoms with E-state index in [9.17, 15) is 0 Å². The summed E-state index contributed by atoms with van der Waals surface area (Å²) in [6, 6.07) is 9.97. The largest absolute Gasteiger partial charge is 0.369 e. The molecule has 0 fully saturated rings. The Morgan fingerprint density at radius 1 is 1.13 bits per heavy atom. The van der Waals surface area contributed by atoms with E-state index in [1.165, 1.54) is 0 Å². The van der Waals surface area contributed by atoms with Crippen LogP contribution in [0.3, 0.4) is 0 Å². The predicted octanol–water partition coefficient (Wildman–Crippen LogP) is 1.70. The summed E-state index contributed by atoms with van der Waals surface area (Å²) < 4.78 is 1.79. The predicted molar refractivity (Wildman–Crippen MR) is 60.4 cm³/mol. The molecule has 0 saturated carbocycles. The number of pyridine rings is 1. The topological polar surface area (TPSA) is 56.7 Å². The van der Waals surface area contributed by atoms with E-state index < -0.39 is 0 Å². The number of rotatable bonds is 0. The molecule has 2 heterocycles. The van der Waals surface area contributed by atoms with Gasteiger partial charge in [0.15, 0.2) is 5.65 Å². The number of aromatic nitrogens is 3. The van der Waals surface area contributed by atoms with Gasteiger partial charge in [0.25, 0.3) is 0 Å². The van der Waals surface area contributed by atoms with Crippen molar-refractivity contribution in [1.82, 2.24) is 14.5 Å². The Balaban J connectivity index is 2.53. The fourth-order valence-electron chi connectivity index (χ4n) is 1.73. The van der Waals surface area contributed by atoms with Gasteiger partial charge in [0, 0.05) is 12.4 Å². The first-order valence-electron chi connectivity index (χ1n) is 4.73. The molecule has 2 aromatic heterocycles. The standard InChI is InChI=1S/C11H10N4/c1-15-10-9(14-11(15)12)6-7-4-2-3-5-8(7)13-10/h2-6H,1H3,(H2,12,14). The Hall–Kier alpha value is -2.10. The van der Waals surface area contributed by atoms with Gasteiger partial charge in [-0.15, -0.1) is 0 Å². The molecule has 4 heteroatoms. The smallest absolute Gasteiger partial charge is 0.202 e. The molecule has 0 unspecified atom stereocenters. The zero-order valence-corrected chi connectivity index (χ0v) is 8.31. The van der Waals surface area contributed by atoms with Crippen molar-refractivity contribution < 1.29 is 0 Å². The fraction of sp³-hybridized carbons (Fsp3) is 0.0909. The highest BCUT2D eigenvalue weighted by molar-refractivity contribution is 5.90. The number of fused-ring (bicyclic) bond motifs is 2. The van der Waals surface area contributed by atoms with Crippen LogP contribution in [0.1, 0.15) is 0 Å². The number of nitrogens with zero attached hydrogens (tertiary/aromatic N) is 3. The summed E-state index contributed by atoms with van der Waals surface area (Å²) in [6.07, 6.45) is 0. The first-order chi connectivity index (χ1) is 7.25. The van der Waals surface area contributed by atoms with Crippen molar-refractivity contribution in [3.63, 3.8) is 0 Å². The van der Waals surface area contributed by atoms with Crippen molar-refractivity contribution in [1.29, 1.82) is 0 Å². The van der Waals surface area contributed by atoms with Crippen molar-refractivity contribution in [3.05, 3.63) is 30.3 Å². The highest BCUT2D eigenvalue weighted by Gasteiger charge is 2.06. The van der Waals surface area contributed by atoms with Crippen molar-refractivity contribution in [2.75, 3.05) is 5.73 Å². The number of imidazole rings is 1. The van der Waals surface area contributed by atoms with E-state index >= 15 is 0 Å². The molecule has 0 saturated heterocycles. The van der Waals surface area contributed by atoms with E-state index in [2.05, 4.69) is 9.97 Å². The van der Waals surface area contributed by atoms with Crippen LogP contribution >= 0.6 is 0 Å². The number of para-hydroxylation sites is 1. The lowest BCUT2D eigenvalue weighted by atomic mass is 10.2. The first-order valence-corrected chi connectivity index (χ1v) is 4.73. The van der Waals surface area contributed by atoms with Gasteiger partial charge in [0.2, 0.25) is 5.95 Å². The monoisotopic (exact) mass is 198 g/mol. The summed E-state index contributed by atoms with van der Waals surface area (Å²) in [5, 5.41) is 1.09. The molecule has 0 bridgehead atoms. The number of aryl methyl sites for hydroxylation is 1. The van der Waals surface area contributed by atoms with Gasteiger partial charge in [-0.2, -0.15) is 0 Å². The van der Waals surface area contributed by atoms with E-state index in [-0.39, 0.29) is 0 Å². The van der Waals surface area contributed by atoms with Gasteiger partial charge in [0.05, 0.1) is 5.52 Å². The zero-order valence-electron chi connectivity index (χ0n) is 8.31. The van der Waals surface area contributed by atoms with Crippen LogP contribution in [0.5, 0.6) is 0 Å². The summed E-state index contributed by atoms with van der Waals surface area (Å²) >= 11 is 0. The zero-order chi connectivity index (χ0) is 10.4. The second kappa shape index (κ2) is 2.70. The van der Waals surface area contributed by atoms with Crippen molar-refractivity contribution in [2.45, 2.75) is 0 Å². The molecule has 1 aromatic carbocycles. The van der Waals surface area contributed by atoms with Crippen molar-refractivity contribution >= 4 is 28.0 Å².